The van der Waals surface area contributed by atoms with Crippen LogP contribution in [0.2, 0.25) is 0 Å². The molecule has 1 fully saturated rings. The van der Waals surface area contributed by atoms with Gasteiger partial charge in [0.2, 0.25) is 5.91 Å². The van der Waals surface area contributed by atoms with Gasteiger partial charge in [-0.1, -0.05) is 87.5 Å². The van der Waals surface area contributed by atoms with E-state index in [0.717, 1.165) is 23.2 Å². The minimum atomic E-state index is -0.815. The van der Waals surface area contributed by atoms with Gasteiger partial charge < -0.3 is 26.0 Å². The van der Waals surface area contributed by atoms with E-state index in [1.54, 1.807) is 18.2 Å². The summed E-state index contributed by atoms with van der Waals surface area (Å²) in [5, 5.41) is 42.5. The average molecular weight is 629 g/mol. The van der Waals surface area contributed by atoms with Crippen LogP contribution < -0.4 is 16.1 Å². The monoisotopic (exact) mass is 628 g/mol. The predicted octanol–water partition coefficient (Wildman–Crippen LogP) is 3.54. The highest BCUT2D eigenvalue weighted by atomic mass is 16.3. The fourth-order valence-corrected chi connectivity index (χ4v) is 7.17. The van der Waals surface area contributed by atoms with E-state index in [-0.39, 0.29) is 42.1 Å². The first-order valence-corrected chi connectivity index (χ1v) is 16.3. The number of carbonyl (C=O) groups is 2. The first-order chi connectivity index (χ1) is 22.0. The number of amides is 2. The second-order valence-electron chi connectivity index (χ2n) is 14.0. The molecule has 3 aromatic carbocycles. The second kappa shape index (κ2) is 14.3. The molecule has 5 rings (SSSR count). The van der Waals surface area contributed by atoms with Crippen molar-refractivity contribution in [3.8, 4) is 5.75 Å². The van der Waals surface area contributed by atoms with Crippen molar-refractivity contribution < 1.29 is 24.9 Å². The number of phenols is 1. The van der Waals surface area contributed by atoms with E-state index in [1.807, 2.05) is 80.4 Å². The lowest BCUT2D eigenvalue weighted by atomic mass is 9.64. The molecule has 5 atom stereocenters. The Balaban J connectivity index is 1.49. The lowest BCUT2D eigenvalue weighted by molar-refractivity contribution is -0.135. The fourth-order valence-electron chi connectivity index (χ4n) is 7.17. The van der Waals surface area contributed by atoms with Crippen molar-refractivity contribution in [2.45, 2.75) is 70.6 Å². The number of aliphatic hydroxyl groups is 2. The molecule has 1 aliphatic carbocycles. The quantitative estimate of drug-likeness (QED) is 0.191. The maximum absolute atomic E-state index is 13.5. The first kappa shape index (κ1) is 33.6. The van der Waals surface area contributed by atoms with Crippen LogP contribution in [-0.2, 0) is 17.6 Å². The van der Waals surface area contributed by atoms with Gasteiger partial charge in [0.1, 0.15) is 5.75 Å². The number of hydrazine groups is 1. The minimum absolute atomic E-state index is 0.0788. The third kappa shape index (κ3) is 7.78. The summed E-state index contributed by atoms with van der Waals surface area (Å²) >= 11 is 0. The van der Waals surface area contributed by atoms with Gasteiger partial charge in [0.15, 0.2) is 0 Å². The lowest BCUT2D eigenvalue weighted by Crippen LogP contribution is -2.60. The molecule has 0 bridgehead atoms. The van der Waals surface area contributed by atoms with Crippen molar-refractivity contribution >= 4 is 11.8 Å². The number of nitrogens with one attached hydrogen (secondary N) is 3. The summed E-state index contributed by atoms with van der Waals surface area (Å²) in [4.78, 5) is 26.4. The number of nitrogens with zero attached hydrogens (tertiary/aromatic N) is 1. The maximum atomic E-state index is 13.5. The Morgan fingerprint density at radius 3 is 2.43 bits per heavy atom. The number of piperazine rings is 1. The Kier molecular flexibility index (Phi) is 10.5. The van der Waals surface area contributed by atoms with E-state index in [1.165, 1.54) is 6.07 Å². The number of para-hydroxylation sites is 1. The van der Waals surface area contributed by atoms with Gasteiger partial charge in [0.05, 0.1) is 17.8 Å². The molecule has 6 N–H and O–H groups in total. The lowest BCUT2D eigenvalue weighted by Gasteiger charge is -2.44. The molecular formula is C37H48N4O5. The van der Waals surface area contributed by atoms with Gasteiger partial charge >= 0.3 is 0 Å². The van der Waals surface area contributed by atoms with Crippen LogP contribution in [0.1, 0.15) is 66.6 Å². The predicted molar refractivity (Wildman–Crippen MR) is 178 cm³/mol. The molecule has 2 amide bonds. The van der Waals surface area contributed by atoms with E-state index >= 15 is 0 Å². The number of phenolic OH excluding ortho intramolecular Hbond substituents is 1. The number of hydrogen-bond donors (Lipinski definition) is 6. The Labute approximate surface area is 272 Å². The van der Waals surface area contributed by atoms with Gasteiger partial charge in [0.25, 0.3) is 5.91 Å². The molecule has 2 aliphatic rings. The minimum Gasteiger partial charge on any atom is -0.507 e. The molecule has 1 heterocycles. The number of rotatable bonds is 11. The summed E-state index contributed by atoms with van der Waals surface area (Å²) in [5.41, 5.74) is 5.00. The molecule has 2 unspecified atom stereocenters. The van der Waals surface area contributed by atoms with Crippen LogP contribution in [0, 0.1) is 10.8 Å². The van der Waals surface area contributed by atoms with E-state index in [4.69, 9.17) is 0 Å². The van der Waals surface area contributed by atoms with Crippen LogP contribution >= 0.6 is 0 Å². The third-order valence-electron chi connectivity index (χ3n) is 9.48. The van der Waals surface area contributed by atoms with E-state index < -0.39 is 28.9 Å². The normalized spacial score (nSPS) is 22.0. The largest absolute Gasteiger partial charge is 0.507 e. The Bertz CT molecular complexity index is 1490. The highest BCUT2D eigenvalue weighted by molar-refractivity contribution is 5.96. The average Bonchev–Trinajstić information content (AvgIpc) is 3.37. The SMILES string of the molecule is CC(C)(C)C(=O)NN1CCNC[C@@H]1CC(O)CC(CNC(=O)c1ccccc1O)(Cc1ccccc1)[C@@H]1c2ccccc2C[C@@H]1O. The van der Waals surface area contributed by atoms with Crippen molar-refractivity contribution in [2.24, 2.45) is 10.8 Å². The van der Waals surface area contributed by atoms with Gasteiger partial charge in [-0.25, -0.2) is 5.01 Å². The van der Waals surface area contributed by atoms with E-state index in [2.05, 4.69) is 16.1 Å². The van der Waals surface area contributed by atoms with Gasteiger partial charge in [-0.2, -0.15) is 0 Å². The van der Waals surface area contributed by atoms with Crippen molar-refractivity contribution in [1.29, 1.82) is 0 Å². The molecule has 46 heavy (non-hydrogen) atoms. The zero-order valence-electron chi connectivity index (χ0n) is 27.1. The molecule has 0 aromatic heterocycles. The van der Waals surface area contributed by atoms with Crippen LogP contribution in [0.25, 0.3) is 0 Å². The summed E-state index contributed by atoms with van der Waals surface area (Å²) in [7, 11) is 0. The van der Waals surface area contributed by atoms with Gasteiger partial charge in [-0.3, -0.25) is 15.0 Å². The molecule has 0 spiro atoms. The molecular weight excluding hydrogens is 580 g/mol. The van der Waals surface area contributed by atoms with Gasteiger partial charge in [-0.15, -0.1) is 0 Å². The number of carbonyl (C=O) groups excluding carboxylic acids is 2. The van der Waals surface area contributed by atoms with Crippen molar-refractivity contribution in [3.05, 3.63) is 101 Å². The third-order valence-corrected chi connectivity index (χ3v) is 9.48. The van der Waals surface area contributed by atoms with E-state index in [0.29, 0.717) is 32.4 Å². The smallest absolute Gasteiger partial charge is 0.255 e. The Morgan fingerprint density at radius 1 is 1.00 bits per heavy atom. The second-order valence-corrected chi connectivity index (χ2v) is 14.0. The van der Waals surface area contributed by atoms with Crippen molar-refractivity contribution in [1.82, 2.24) is 21.1 Å². The highest BCUT2D eigenvalue weighted by Crippen LogP contribution is 2.50. The van der Waals surface area contributed by atoms with Crippen LogP contribution in [0.15, 0.2) is 78.9 Å². The standard InChI is InChI=1S/C37H48N4O5/c1-36(2,3)35(46)40-41-18-17-38-23-27(41)20-28(42)22-37(21-25-11-5-4-6-12-25,24-39-34(45)30-15-9-10-16-31(30)43)33-29-14-8-7-13-26(29)19-32(33)44/h4-16,27-28,32-33,38,42-44H,17-24H2,1-3H3,(H,39,45)(H,40,46)/t27-,28?,32-,33+,37?/m0/s1. The number of hydrogen-bond acceptors (Lipinski definition) is 7. The number of aliphatic hydroxyl groups excluding tert-OH is 2. The van der Waals surface area contributed by atoms with Crippen LogP contribution in [0.4, 0.5) is 0 Å². The van der Waals surface area contributed by atoms with Crippen molar-refractivity contribution in [2.75, 3.05) is 26.2 Å². The van der Waals surface area contributed by atoms with Gasteiger partial charge in [0, 0.05) is 49.0 Å². The summed E-state index contributed by atoms with van der Waals surface area (Å²) in [6.07, 6.45) is 0.122. The number of fused-ring (bicyclic) bond motifs is 1. The molecule has 1 aliphatic heterocycles. The summed E-state index contributed by atoms with van der Waals surface area (Å²) < 4.78 is 0. The molecule has 246 valence electrons. The van der Waals surface area contributed by atoms with E-state index in [9.17, 15) is 24.9 Å². The van der Waals surface area contributed by atoms with Crippen molar-refractivity contribution in [3.63, 3.8) is 0 Å². The zero-order valence-corrected chi connectivity index (χ0v) is 27.1. The number of aromatic hydroxyl groups is 1. The highest BCUT2D eigenvalue weighted by Gasteiger charge is 2.49. The number of benzene rings is 3. The Hall–Kier alpha value is -3.76. The molecule has 0 radical (unpaired) electrons. The molecule has 1 saturated heterocycles. The van der Waals surface area contributed by atoms with Crippen LogP contribution in [0.3, 0.4) is 0 Å². The topological polar surface area (TPSA) is 134 Å². The summed E-state index contributed by atoms with van der Waals surface area (Å²) in [6, 6.07) is 24.3. The summed E-state index contributed by atoms with van der Waals surface area (Å²) in [6.45, 7) is 7.72. The fraction of sp³-hybridized carbons (Fsp3) is 0.459. The summed E-state index contributed by atoms with van der Waals surface area (Å²) in [5.74, 6) is -0.977. The Morgan fingerprint density at radius 2 is 1.70 bits per heavy atom. The molecule has 9 nitrogen and oxygen atoms in total. The molecule has 3 aromatic rings. The van der Waals surface area contributed by atoms with Crippen LogP contribution in [-0.4, -0.2) is 76.6 Å². The zero-order chi connectivity index (χ0) is 32.9. The molecule has 0 saturated carbocycles. The van der Waals surface area contributed by atoms with Gasteiger partial charge in [-0.05, 0) is 54.5 Å². The first-order valence-electron chi connectivity index (χ1n) is 16.3. The maximum Gasteiger partial charge on any atom is 0.255 e. The van der Waals surface area contributed by atoms with Crippen LogP contribution in [0.5, 0.6) is 5.75 Å². The molecule has 9 heteroatoms.